The highest BCUT2D eigenvalue weighted by Gasteiger charge is 2.11. The molecule has 1 heterocycles. The van der Waals surface area contributed by atoms with E-state index < -0.39 is 0 Å². The largest absolute Gasteiger partial charge is 0.374 e. The molecule has 62 valence electrons. The Morgan fingerprint density at radius 3 is 2.91 bits per heavy atom. The molecule has 0 spiro atoms. The molecule has 0 unspecified atom stereocenters. The first-order valence-electron chi connectivity index (χ1n) is 3.19. The molecule has 0 aliphatic carbocycles. The van der Waals surface area contributed by atoms with Crippen LogP contribution in [-0.4, -0.2) is 17.3 Å². The molecule has 1 rings (SSSR count). The van der Waals surface area contributed by atoms with Crippen molar-refractivity contribution in [2.45, 2.75) is 18.9 Å². The maximum atomic E-state index is 5.45. The Kier molecular flexibility index (Phi) is 2.84. The van der Waals surface area contributed by atoms with Crippen LogP contribution < -0.4 is 0 Å². The monoisotopic (exact) mass is 176 g/mol. The van der Waals surface area contributed by atoms with Crippen molar-refractivity contribution in [2.24, 2.45) is 0 Å². The van der Waals surface area contributed by atoms with Gasteiger partial charge in [0.15, 0.2) is 5.82 Å². The molecule has 11 heavy (non-hydrogen) atoms. The molecule has 0 N–H and O–H groups in total. The average molecular weight is 177 g/mol. The molecule has 0 saturated heterocycles. The molecule has 0 aliphatic heterocycles. The lowest BCUT2D eigenvalue weighted by Gasteiger charge is -2.00. The first kappa shape index (κ1) is 8.49. The van der Waals surface area contributed by atoms with Crippen LogP contribution in [0.4, 0.5) is 0 Å². The van der Waals surface area contributed by atoms with E-state index in [4.69, 9.17) is 20.9 Å². The van der Waals surface area contributed by atoms with Gasteiger partial charge in [-0.2, -0.15) is 4.98 Å². The van der Waals surface area contributed by atoms with Gasteiger partial charge in [0.25, 0.3) is 0 Å². The lowest BCUT2D eigenvalue weighted by molar-refractivity contribution is 0.109. The lowest BCUT2D eigenvalue weighted by Crippen LogP contribution is -1.97. The Balaban J connectivity index is 2.71. The molecule has 1 aromatic rings. The summed E-state index contributed by atoms with van der Waals surface area (Å²) in [5.41, 5.74) is 0. The van der Waals surface area contributed by atoms with Gasteiger partial charge in [0, 0.05) is 7.11 Å². The van der Waals surface area contributed by atoms with Gasteiger partial charge in [0.1, 0.15) is 12.0 Å². The fraction of sp³-hybridized carbons (Fsp3) is 0.667. The second kappa shape index (κ2) is 3.69. The summed E-state index contributed by atoms with van der Waals surface area (Å²) >= 11 is 5.45. The zero-order valence-electron chi connectivity index (χ0n) is 6.37. The number of alkyl halides is 1. The van der Waals surface area contributed by atoms with E-state index >= 15 is 0 Å². The molecule has 0 aromatic carbocycles. The highest BCUT2D eigenvalue weighted by Crippen LogP contribution is 2.11. The summed E-state index contributed by atoms with van der Waals surface area (Å²) in [5.74, 6) is 1.19. The van der Waals surface area contributed by atoms with Crippen LogP contribution in [-0.2, 0) is 10.6 Å². The zero-order chi connectivity index (χ0) is 8.27. The lowest BCUT2D eigenvalue weighted by atomic mass is 10.4. The minimum atomic E-state index is -0.143. The van der Waals surface area contributed by atoms with Gasteiger partial charge in [-0.05, 0) is 6.92 Å². The molecule has 1 atom stereocenters. The van der Waals surface area contributed by atoms with Crippen molar-refractivity contribution in [3.05, 3.63) is 11.7 Å². The van der Waals surface area contributed by atoms with Crippen molar-refractivity contribution in [1.82, 2.24) is 10.1 Å². The molecular formula is C6H9ClN2O2. The number of ether oxygens (including phenoxy) is 1. The molecular weight excluding hydrogens is 168 g/mol. The van der Waals surface area contributed by atoms with Gasteiger partial charge in [-0.3, -0.25) is 0 Å². The number of hydrogen-bond donors (Lipinski definition) is 0. The smallest absolute Gasteiger partial charge is 0.241 e. The summed E-state index contributed by atoms with van der Waals surface area (Å²) < 4.78 is 9.73. The van der Waals surface area contributed by atoms with Crippen LogP contribution in [0.15, 0.2) is 4.52 Å². The van der Waals surface area contributed by atoms with Crippen LogP contribution in [0.2, 0.25) is 0 Å². The van der Waals surface area contributed by atoms with E-state index in [-0.39, 0.29) is 12.0 Å². The van der Waals surface area contributed by atoms with Crippen molar-refractivity contribution < 1.29 is 9.26 Å². The summed E-state index contributed by atoms with van der Waals surface area (Å²) in [5, 5.41) is 3.66. The predicted octanol–water partition coefficient (Wildman–Crippen LogP) is 1.52. The van der Waals surface area contributed by atoms with Crippen molar-refractivity contribution in [3.63, 3.8) is 0 Å². The van der Waals surface area contributed by atoms with E-state index in [0.29, 0.717) is 11.7 Å². The first-order valence-corrected chi connectivity index (χ1v) is 3.72. The summed E-state index contributed by atoms with van der Waals surface area (Å²) in [7, 11) is 1.58. The first-order chi connectivity index (χ1) is 5.27. The van der Waals surface area contributed by atoms with Gasteiger partial charge in [-0.15, -0.1) is 11.6 Å². The van der Waals surface area contributed by atoms with Gasteiger partial charge in [0.2, 0.25) is 5.89 Å². The maximum Gasteiger partial charge on any atom is 0.241 e. The number of halogens is 1. The van der Waals surface area contributed by atoms with Crippen LogP contribution in [0.25, 0.3) is 0 Å². The molecule has 4 nitrogen and oxygen atoms in total. The molecule has 0 radical (unpaired) electrons. The molecule has 0 aliphatic rings. The van der Waals surface area contributed by atoms with Crippen LogP contribution in [0, 0.1) is 0 Å². The van der Waals surface area contributed by atoms with E-state index in [9.17, 15) is 0 Å². The average Bonchev–Trinajstić information content (AvgIpc) is 2.50. The SMILES string of the molecule is CO[C@@H](C)c1noc(CCl)n1. The number of methoxy groups -OCH3 is 1. The number of nitrogens with zero attached hydrogens (tertiary/aromatic N) is 2. The molecule has 1 aromatic heterocycles. The van der Waals surface area contributed by atoms with Crippen molar-refractivity contribution in [1.29, 1.82) is 0 Å². The number of rotatable bonds is 3. The van der Waals surface area contributed by atoms with Crippen LogP contribution >= 0.6 is 11.6 Å². The van der Waals surface area contributed by atoms with E-state index in [0.717, 1.165) is 0 Å². The summed E-state index contributed by atoms with van der Waals surface area (Å²) in [6.07, 6.45) is -0.143. The van der Waals surface area contributed by atoms with E-state index in [1.54, 1.807) is 7.11 Å². The maximum absolute atomic E-state index is 5.45. The second-order valence-electron chi connectivity index (χ2n) is 2.06. The quantitative estimate of drug-likeness (QED) is 0.656. The van der Waals surface area contributed by atoms with Crippen LogP contribution in [0.3, 0.4) is 0 Å². The fourth-order valence-electron chi connectivity index (χ4n) is 0.593. The summed E-state index contributed by atoms with van der Waals surface area (Å²) in [6.45, 7) is 1.84. The van der Waals surface area contributed by atoms with Gasteiger partial charge < -0.3 is 9.26 Å². The summed E-state index contributed by atoms with van der Waals surface area (Å²) in [4.78, 5) is 3.96. The molecule has 0 saturated carbocycles. The normalized spacial score (nSPS) is 13.4. The van der Waals surface area contributed by atoms with Gasteiger partial charge in [-0.25, -0.2) is 0 Å². The Morgan fingerprint density at radius 1 is 1.73 bits per heavy atom. The number of aromatic nitrogens is 2. The topological polar surface area (TPSA) is 48.2 Å². The molecule has 0 amide bonds. The Hall–Kier alpha value is -0.610. The number of hydrogen-bond acceptors (Lipinski definition) is 4. The van der Waals surface area contributed by atoms with Crippen LogP contribution in [0.1, 0.15) is 24.7 Å². The Labute approximate surface area is 69.5 Å². The molecule has 0 fully saturated rings. The minimum Gasteiger partial charge on any atom is -0.374 e. The molecule has 5 heteroatoms. The van der Waals surface area contributed by atoms with Gasteiger partial charge >= 0.3 is 0 Å². The van der Waals surface area contributed by atoms with Gasteiger partial charge in [0.05, 0.1) is 0 Å². The van der Waals surface area contributed by atoms with E-state index in [1.165, 1.54) is 0 Å². The van der Waals surface area contributed by atoms with Crippen molar-refractivity contribution in [3.8, 4) is 0 Å². The predicted molar refractivity (Wildman–Crippen MR) is 39.3 cm³/mol. The Morgan fingerprint density at radius 2 is 2.45 bits per heavy atom. The third kappa shape index (κ3) is 1.91. The van der Waals surface area contributed by atoms with Crippen molar-refractivity contribution in [2.75, 3.05) is 7.11 Å². The third-order valence-electron chi connectivity index (χ3n) is 1.32. The summed E-state index contributed by atoms with van der Waals surface area (Å²) in [6, 6.07) is 0. The minimum absolute atomic E-state index is 0.143. The fourth-order valence-corrected chi connectivity index (χ4v) is 0.701. The van der Waals surface area contributed by atoms with Crippen molar-refractivity contribution >= 4 is 11.6 Å². The third-order valence-corrected chi connectivity index (χ3v) is 1.54. The zero-order valence-corrected chi connectivity index (χ0v) is 7.13. The van der Waals surface area contributed by atoms with E-state index in [1.807, 2.05) is 6.92 Å². The highest BCUT2D eigenvalue weighted by atomic mass is 35.5. The molecule has 0 bridgehead atoms. The second-order valence-corrected chi connectivity index (χ2v) is 2.33. The standard InChI is InChI=1S/C6H9ClN2O2/c1-4(10-2)6-8-5(3-7)11-9-6/h4H,3H2,1-2H3/t4-/m0/s1. The van der Waals surface area contributed by atoms with Gasteiger partial charge in [-0.1, -0.05) is 5.16 Å². The van der Waals surface area contributed by atoms with E-state index in [2.05, 4.69) is 10.1 Å². The highest BCUT2D eigenvalue weighted by molar-refractivity contribution is 6.16. The van der Waals surface area contributed by atoms with Crippen LogP contribution in [0.5, 0.6) is 0 Å². The Bertz CT molecular complexity index is 226.